The quantitative estimate of drug-likeness (QED) is 0.267. The zero-order valence-electron chi connectivity index (χ0n) is 20.9. The number of esters is 1. The van der Waals surface area contributed by atoms with Crippen LogP contribution in [-0.2, 0) is 4.79 Å². The molecule has 0 radical (unpaired) electrons. The molecule has 0 aromatic heterocycles. The molecular weight excluding hydrogens is 456 g/mol. The maximum atomic E-state index is 13.7. The molecular formula is C29H28N2O5. The van der Waals surface area contributed by atoms with Crippen LogP contribution in [0.3, 0.4) is 0 Å². The topological polar surface area (TPSA) is 92.8 Å². The fourth-order valence-electron chi connectivity index (χ4n) is 4.40. The molecule has 0 aliphatic carbocycles. The summed E-state index contributed by atoms with van der Waals surface area (Å²) in [6.45, 7) is 9.46. The summed E-state index contributed by atoms with van der Waals surface area (Å²) in [6.07, 6.45) is 0. The molecule has 0 spiro atoms. The highest BCUT2D eigenvalue weighted by atomic mass is 16.5. The Bertz CT molecular complexity index is 1350. The van der Waals surface area contributed by atoms with Crippen molar-refractivity contribution in [3.05, 3.63) is 88.5 Å². The van der Waals surface area contributed by atoms with Crippen LogP contribution in [0.2, 0.25) is 0 Å². The van der Waals surface area contributed by atoms with Crippen molar-refractivity contribution >= 4 is 35.1 Å². The Labute approximate surface area is 210 Å². The van der Waals surface area contributed by atoms with E-state index in [1.807, 2.05) is 45.9 Å². The lowest BCUT2D eigenvalue weighted by molar-refractivity contribution is -0.114. The van der Waals surface area contributed by atoms with Crippen LogP contribution in [-0.4, -0.2) is 23.7 Å². The number of fused-ring (bicyclic) bond motifs is 1. The first kappa shape index (κ1) is 24.9. The van der Waals surface area contributed by atoms with Crippen molar-refractivity contribution in [2.24, 2.45) is 0 Å². The largest absolute Gasteiger partial charge is 0.423 e. The van der Waals surface area contributed by atoms with Gasteiger partial charge in [0, 0.05) is 12.6 Å². The van der Waals surface area contributed by atoms with Crippen molar-refractivity contribution in [1.29, 1.82) is 0 Å². The molecule has 0 fully saturated rings. The van der Waals surface area contributed by atoms with Crippen molar-refractivity contribution in [2.75, 3.05) is 10.2 Å². The van der Waals surface area contributed by atoms with E-state index < -0.39 is 17.8 Å². The standard InChI is InChI=1S/C29H28N2O5/c1-16(2)21-8-6-9-22(17(3)4)26(21)31-27(33)23-10-7-11-24(25(23)28(31)34)29(35)36-20-14-12-19(13-15-20)30-18(5)32/h6-17H,1-5H3,(H,30,32). The number of nitrogens with zero attached hydrogens (tertiary/aromatic N) is 1. The van der Waals surface area contributed by atoms with Gasteiger partial charge in [-0.15, -0.1) is 0 Å². The fourth-order valence-corrected chi connectivity index (χ4v) is 4.40. The number of amides is 3. The van der Waals surface area contributed by atoms with Gasteiger partial charge in [-0.05, 0) is 59.4 Å². The zero-order valence-corrected chi connectivity index (χ0v) is 20.9. The molecule has 3 amide bonds. The summed E-state index contributed by atoms with van der Waals surface area (Å²) in [6, 6.07) is 16.7. The first-order chi connectivity index (χ1) is 17.1. The van der Waals surface area contributed by atoms with E-state index in [2.05, 4.69) is 5.32 Å². The van der Waals surface area contributed by atoms with Crippen LogP contribution in [0.15, 0.2) is 60.7 Å². The van der Waals surface area contributed by atoms with Gasteiger partial charge >= 0.3 is 5.97 Å². The molecule has 3 aromatic rings. The molecule has 0 bridgehead atoms. The number of nitrogens with one attached hydrogen (secondary N) is 1. The van der Waals surface area contributed by atoms with E-state index >= 15 is 0 Å². The van der Waals surface area contributed by atoms with E-state index in [9.17, 15) is 19.2 Å². The van der Waals surface area contributed by atoms with Crippen molar-refractivity contribution in [2.45, 2.75) is 46.5 Å². The predicted molar refractivity (Wildman–Crippen MR) is 138 cm³/mol. The fraction of sp³-hybridized carbons (Fsp3) is 0.241. The van der Waals surface area contributed by atoms with E-state index in [-0.39, 0.29) is 40.2 Å². The van der Waals surface area contributed by atoms with Crippen LogP contribution in [0.25, 0.3) is 0 Å². The number of benzene rings is 3. The van der Waals surface area contributed by atoms with Gasteiger partial charge < -0.3 is 10.1 Å². The van der Waals surface area contributed by atoms with Crippen molar-refractivity contribution in [3.8, 4) is 5.75 Å². The molecule has 0 saturated heterocycles. The van der Waals surface area contributed by atoms with Crippen LogP contribution in [0.5, 0.6) is 5.75 Å². The van der Waals surface area contributed by atoms with E-state index in [0.29, 0.717) is 11.4 Å². The summed E-state index contributed by atoms with van der Waals surface area (Å²) < 4.78 is 5.50. The van der Waals surface area contributed by atoms with Crippen LogP contribution in [0, 0.1) is 0 Å². The molecule has 1 aliphatic heterocycles. The number of carbonyl (C=O) groups is 4. The van der Waals surface area contributed by atoms with E-state index in [4.69, 9.17) is 4.74 Å². The van der Waals surface area contributed by atoms with Gasteiger partial charge in [0.25, 0.3) is 11.8 Å². The molecule has 7 heteroatoms. The molecule has 3 aromatic carbocycles. The van der Waals surface area contributed by atoms with Gasteiger partial charge in [-0.1, -0.05) is 52.0 Å². The first-order valence-electron chi connectivity index (χ1n) is 11.8. The Hall–Kier alpha value is -4.26. The Morgan fingerprint density at radius 2 is 1.39 bits per heavy atom. The smallest absolute Gasteiger partial charge is 0.344 e. The molecule has 0 saturated carbocycles. The number of para-hydroxylation sites is 1. The maximum absolute atomic E-state index is 13.7. The number of rotatable bonds is 6. The van der Waals surface area contributed by atoms with Gasteiger partial charge in [-0.3, -0.25) is 14.4 Å². The van der Waals surface area contributed by atoms with Crippen LogP contribution < -0.4 is 15.0 Å². The van der Waals surface area contributed by atoms with Crippen molar-refractivity contribution in [3.63, 3.8) is 0 Å². The average molecular weight is 485 g/mol. The minimum Gasteiger partial charge on any atom is -0.423 e. The second-order valence-corrected chi connectivity index (χ2v) is 9.36. The van der Waals surface area contributed by atoms with Gasteiger partial charge in [0.1, 0.15) is 5.75 Å². The monoisotopic (exact) mass is 484 g/mol. The van der Waals surface area contributed by atoms with Gasteiger partial charge in [0.2, 0.25) is 5.91 Å². The maximum Gasteiger partial charge on any atom is 0.344 e. The molecule has 1 N–H and O–H groups in total. The number of anilines is 2. The highest BCUT2D eigenvalue weighted by molar-refractivity contribution is 6.36. The van der Waals surface area contributed by atoms with E-state index in [1.54, 1.807) is 36.4 Å². The summed E-state index contributed by atoms with van der Waals surface area (Å²) in [5.74, 6) is -1.57. The van der Waals surface area contributed by atoms with Gasteiger partial charge in [0.15, 0.2) is 0 Å². The second-order valence-electron chi connectivity index (χ2n) is 9.36. The molecule has 36 heavy (non-hydrogen) atoms. The molecule has 4 rings (SSSR count). The van der Waals surface area contributed by atoms with Crippen LogP contribution in [0.4, 0.5) is 11.4 Å². The molecule has 0 atom stereocenters. The Morgan fingerprint density at radius 3 is 1.94 bits per heavy atom. The van der Waals surface area contributed by atoms with Crippen molar-refractivity contribution in [1.82, 2.24) is 0 Å². The SMILES string of the molecule is CC(=O)Nc1ccc(OC(=O)c2cccc3c2C(=O)N(c2c(C(C)C)cccc2C(C)C)C3=O)cc1. The highest BCUT2D eigenvalue weighted by Crippen LogP contribution is 2.40. The number of hydrogen-bond donors (Lipinski definition) is 1. The molecule has 7 nitrogen and oxygen atoms in total. The summed E-state index contributed by atoms with van der Waals surface area (Å²) in [5, 5.41) is 2.64. The van der Waals surface area contributed by atoms with Crippen molar-refractivity contribution < 1.29 is 23.9 Å². The van der Waals surface area contributed by atoms with E-state index in [0.717, 1.165) is 11.1 Å². The lowest BCUT2D eigenvalue weighted by Crippen LogP contribution is -2.32. The van der Waals surface area contributed by atoms with E-state index in [1.165, 1.54) is 17.9 Å². The highest BCUT2D eigenvalue weighted by Gasteiger charge is 2.42. The Balaban J connectivity index is 1.72. The third-order valence-corrected chi connectivity index (χ3v) is 6.09. The summed E-state index contributed by atoms with van der Waals surface area (Å²) >= 11 is 0. The lowest BCUT2D eigenvalue weighted by atomic mass is 9.92. The molecule has 1 aliphatic rings. The minimum atomic E-state index is -0.747. The normalized spacial score (nSPS) is 12.8. The summed E-state index contributed by atoms with van der Waals surface area (Å²) in [5.41, 5.74) is 3.15. The molecule has 0 unspecified atom stereocenters. The Morgan fingerprint density at radius 1 is 0.806 bits per heavy atom. The Kier molecular flexibility index (Phi) is 6.75. The van der Waals surface area contributed by atoms with Gasteiger partial charge in [0.05, 0.1) is 22.4 Å². The number of carbonyl (C=O) groups excluding carboxylic acids is 4. The predicted octanol–water partition coefficient (Wildman–Crippen LogP) is 5.91. The summed E-state index contributed by atoms with van der Waals surface area (Å²) in [7, 11) is 0. The zero-order chi connectivity index (χ0) is 26.1. The molecule has 184 valence electrons. The number of ether oxygens (including phenoxy) is 1. The van der Waals surface area contributed by atoms with Gasteiger partial charge in [-0.25, -0.2) is 9.69 Å². The lowest BCUT2D eigenvalue weighted by Gasteiger charge is -2.25. The van der Waals surface area contributed by atoms with Gasteiger partial charge in [-0.2, -0.15) is 0 Å². The number of hydrogen-bond acceptors (Lipinski definition) is 5. The number of imide groups is 1. The third-order valence-electron chi connectivity index (χ3n) is 6.09. The van der Waals surface area contributed by atoms with Crippen LogP contribution in [0.1, 0.15) is 88.7 Å². The summed E-state index contributed by atoms with van der Waals surface area (Å²) in [4.78, 5) is 52.8. The first-order valence-corrected chi connectivity index (χ1v) is 11.8. The third kappa shape index (κ3) is 4.52. The second kappa shape index (κ2) is 9.77. The molecule has 1 heterocycles. The van der Waals surface area contributed by atoms with Crippen LogP contribution >= 0.6 is 0 Å². The average Bonchev–Trinajstić information content (AvgIpc) is 3.09. The minimum absolute atomic E-state index is 0.0208.